The van der Waals surface area contributed by atoms with Crippen LogP contribution in [0.3, 0.4) is 0 Å². The number of pyridine rings is 2. The van der Waals surface area contributed by atoms with Crippen molar-refractivity contribution in [3.8, 4) is 11.4 Å². The van der Waals surface area contributed by atoms with Crippen LogP contribution in [0, 0.1) is 5.82 Å². The highest BCUT2D eigenvalue weighted by Crippen LogP contribution is 2.39. The molecule has 0 fully saturated rings. The number of aryl methyl sites for hydroxylation is 1. The third-order valence-electron chi connectivity index (χ3n) is 6.09. The number of hydrogen-bond acceptors (Lipinski definition) is 5. The number of aliphatic hydroxyl groups is 1. The van der Waals surface area contributed by atoms with Gasteiger partial charge < -0.3 is 14.4 Å². The maximum absolute atomic E-state index is 14.4. The number of ether oxygens (including phenoxy) is 1. The van der Waals surface area contributed by atoms with Gasteiger partial charge in [0.2, 0.25) is 0 Å². The molecular formula is C22H19FN2O4. The summed E-state index contributed by atoms with van der Waals surface area (Å²) in [6, 6.07) is 6.56. The van der Waals surface area contributed by atoms with Crippen LogP contribution in [-0.4, -0.2) is 20.6 Å². The third kappa shape index (κ3) is 2.28. The number of benzene rings is 1. The zero-order chi connectivity index (χ0) is 20.5. The molecule has 0 radical (unpaired) electrons. The highest BCUT2D eigenvalue weighted by Gasteiger charge is 2.45. The van der Waals surface area contributed by atoms with Crippen molar-refractivity contribution in [2.75, 3.05) is 0 Å². The maximum atomic E-state index is 14.4. The smallest absolute Gasteiger partial charge is 0.343 e. The number of fused-ring (bicyclic) bond motifs is 5. The Bertz CT molecular complexity index is 1280. The fraction of sp³-hybridized carbons (Fsp3) is 0.318. The fourth-order valence-electron chi connectivity index (χ4n) is 4.37. The average molecular weight is 394 g/mol. The van der Waals surface area contributed by atoms with E-state index in [1.165, 1.54) is 6.07 Å². The third-order valence-corrected chi connectivity index (χ3v) is 6.09. The molecule has 1 atom stereocenters. The average Bonchev–Trinajstić information content (AvgIpc) is 3.09. The van der Waals surface area contributed by atoms with E-state index in [0.717, 1.165) is 11.1 Å². The zero-order valence-corrected chi connectivity index (χ0v) is 16.1. The Morgan fingerprint density at radius 3 is 2.79 bits per heavy atom. The highest BCUT2D eigenvalue weighted by atomic mass is 19.1. The van der Waals surface area contributed by atoms with Crippen molar-refractivity contribution >= 4 is 16.9 Å². The molecule has 0 bridgehead atoms. The first-order valence-corrected chi connectivity index (χ1v) is 9.67. The lowest BCUT2D eigenvalue weighted by atomic mass is 9.86. The zero-order valence-electron chi connectivity index (χ0n) is 16.1. The molecule has 2 aromatic heterocycles. The van der Waals surface area contributed by atoms with Gasteiger partial charge in [-0.1, -0.05) is 19.9 Å². The Labute approximate surface area is 165 Å². The quantitative estimate of drug-likeness (QED) is 0.529. The van der Waals surface area contributed by atoms with Crippen molar-refractivity contribution in [2.45, 2.75) is 45.4 Å². The largest absolute Gasteiger partial charge is 0.458 e. The maximum Gasteiger partial charge on any atom is 0.343 e. The van der Waals surface area contributed by atoms with Gasteiger partial charge in [0.15, 0.2) is 5.60 Å². The van der Waals surface area contributed by atoms with Crippen LogP contribution in [0.25, 0.3) is 22.3 Å². The topological polar surface area (TPSA) is 81.4 Å². The van der Waals surface area contributed by atoms with Crippen LogP contribution in [0.15, 0.2) is 29.1 Å². The number of halogens is 1. The van der Waals surface area contributed by atoms with Crippen LogP contribution >= 0.6 is 0 Å². The highest BCUT2D eigenvalue weighted by molar-refractivity contribution is 5.88. The van der Waals surface area contributed by atoms with E-state index in [9.17, 15) is 19.1 Å². The van der Waals surface area contributed by atoms with Crippen LogP contribution in [0.4, 0.5) is 4.39 Å². The first kappa shape index (κ1) is 18.0. The summed E-state index contributed by atoms with van der Waals surface area (Å²) >= 11 is 0. The molecule has 0 saturated carbocycles. The summed E-state index contributed by atoms with van der Waals surface area (Å²) < 4.78 is 21.0. The van der Waals surface area contributed by atoms with E-state index >= 15 is 0 Å². The van der Waals surface area contributed by atoms with Crippen LogP contribution in [0.2, 0.25) is 0 Å². The molecule has 0 aliphatic carbocycles. The summed E-state index contributed by atoms with van der Waals surface area (Å²) in [5.41, 5.74) is 1.68. The van der Waals surface area contributed by atoms with Gasteiger partial charge in [0.1, 0.15) is 12.4 Å². The minimum atomic E-state index is -1.86. The van der Waals surface area contributed by atoms with Crippen molar-refractivity contribution in [2.24, 2.45) is 0 Å². The van der Waals surface area contributed by atoms with Gasteiger partial charge in [-0.05, 0) is 36.6 Å². The molecule has 0 saturated heterocycles. The van der Waals surface area contributed by atoms with Gasteiger partial charge in [-0.15, -0.1) is 0 Å². The second kappa shape index (κ2) is 5.97. The molecule has 6 nitrogen and oxygen atoms in total. The monoisotopic (exact) mass is 394 g/mol. The molecule has 0 spiro atoms. The van der Waals surface area contributed by atoms with E-state index in [-0.39, 0.29) is 42.1 Å². The summed E-state index contributed by atoms with van der Waals surface area (Å²) in [6.07, 6.45) is 0.784. The summed E-state index contributed by atoms with van der Waals surface area (Å²) in [4.78, 5) is 30.1. The van der Waals surface area contributed by atoms with Gasteiger partial charge in [0.25, 0.3) is 5.56 Å². The van der Waals surface area contributed by atoms with Crippen LogP contribution in [0.5, 0.6) is 0 Å². The lowest BCUT2D eigenvalue weighted by Gasteiger charge is -2.31. The van der Waals surface area contributed by atoms with Crippen molar-refractivity contribution in [1.29, 1.82) is 0 Å². The molecular weight excluding hydrogens is 375 g/mol. The van der Waals surface area contributed by atoms with Gasteiger partial charge in [-0.3, -0.25) is 4.79 Å². The standard InChI is InChI=1S/C22H19FN2O4/c1-3-11-5-6-16(23)13-7-12-9-25-17(19(12)24-18(11)13)8-15-14(20(25)26)10-29-21(27)22(15,28)4-2/h5-8,28H,3-4,9-10H2,1-2H3/t22-/m0/s1. The molecule has 3 aromatic rings. The SMILES string of the molecule is CCc1ccc(F)c2cc3c(nc12)-c1cc2c(c(=O)n1C3)COC(=O)[C@]2(O)CC. The Kier molecular flexibility index (Phi) is 3.70. The molecule has 29 heavy (non-hydrogen) atoms. The van der Waals surface area contributed by atoms with Crippen molar-refractivity contribution in [1.82, 2.24) is 9.55 Å². The Morgan fingerprint density at radius 1 is 1.28 bits per heavy atom. The minimum Gasteiger partial charge on any atom is -0.458 e. The lowest BCUT2D eigenvalue weighted by Crippen LogP contribution is -2.44. The number of aromatic nitrogens is 2. The number of hydrogen-bond donors (Lipinski definition) is 1. The molecule has 1 N–H and O–H groups in total. The molecule has 0 unspecified atom stereocenters. The number of carbonyl (C=O) groups excluding carboxylic acids is 1. The lowest BCUT2D eigenvalue weighted by molar-refractivity contribution is -0.172. The van der Waals surface area contributed by atoms with E-state index in [2.05, 4.69) is 0 Å². The molecule has 7 heteroatoms. The predicted molar refractivity (Wildman–Crippen MR) is 104 cm³/mol. The number of esters is 1. The van der Waals surface area contributed by atoms with Gasteiger partial charge >= 0.3 is 5.97 Å². The Hall–Kier alpha value is -3.06. The van der Waals surface area contributed by atoms with E-state index in [1.807, 2.05) is 6.92 Å². The predicted octanol–water partition coefficient (Wildman–Crippen LogP) is 2.78. The Balaban J connectivity index is 1.82. The van der Waals surface area contributed by atoms with Gasteiger partial charge in [-0.2, -0.15) is 0 Å². The van der Waals surface area contributed by atoms with Gasteiger partial charge in [0.05, 0.1) is 29.0 Å². The van der Waals surface area contributed by atoms with Crippen molar-refractivity contribution in [3.05, 3.63) is 62.7 Å². The van der Waals surface area contributed by atoms with E-state index in [1.54, 1.807) is 29.7 Å². The van der Waals surface area contributed by atoms with Gasteiger partial charge in [0, 0.05) is 16.5 Å². The van der Waals surface area contributed by atoms with E-state index in [0.29, 0.717) is 28.7 Å². The summed E-state index contributed by atoms with van der Waals surface area (Å²) in [6.45, 7) is 3.73. The first-order valence-electron chi connectivity index (χ1n) is 9.67. The number of carbonyl (C=O) groups is 1. The number of rotatable bonds is 2. The van der Waals surface area contributed by atoms with E-state index in [4.69, 9.17) is 9.72 Å². The molecule has 148 valence electrons. The first-order chi connectivity index (χ1) is 13.9. The number of nitrogens with zero attached hydrogens (tertiary/aromatic N) is 2. The summed E-state index contributed by atoms with van der Waals surface area (Å²) in [5, 5.41) is 11.3. The minimum absolute atomic E-state index is 0.0882. The Morgan fingerprint density at radius 2 is 2.07 bits per heavy atom. The van der Waals surface area contributed by atoms with Crippen LogP contribution in [0.1, 0.15) is 42.5 Å². The van der Waals surface area contributed by atoms with E-state index < -0.39 is 11.6 Å². The number of cyclic esters (lactones) is 1. The van der Waals surface area contributed by atoms with Crippen molar-refractivity contribution < 1.29 is 19.0 Å². The normalized spacial score (nSPS) is 19.7. The molecule has 1 aromatic carbocycles. The van der Waals surface area contributed by atoms with Crippen molar-refractivity contribution in [3.63, 3.8) is 0 Å². The summed E-state index contributed by atoms with van der Waals surface area (Å²) in [7, 11) is 0. The molecule has 5 rings (SSSR count). The van der Waals surface area contributed by atoms with Crippen LogP contribution in [-0.2, 0) is 34.7 Å². The van der Waals surface area contributed by atoms with Crippen LogP contribution < -0.4 is 5.56 Å². The molecule has 4 heterocycles. The summed E-state index contributed by atoms with van der Waals surface area (Å²) in [5.74, 6) is -1.11. The second-order valence-corrected chi connectivity index (χ2v) is 7.56. The molecule has 2 aliphatic rings. The fourth-order valence-corrected chi connectivity index (χ4v) is 4.37. The second-order valence-electron chi connectivity index (χ2n) is 7.56. The molecule has 0 amide bonds. The molecule has 2 aliphatic heterocycles. The van der Waals surface area contributed by atoms with Gasteiger partial charge in [-0.25, -0.2) is 14.2 Å².